The summed E-state index contributed by atoms with van der Waals surface area (Å²) in [5.41, 5.74) is 0.789. The standard InChI is InChI=1S/C22H30FN3O4/c1-3-24-22(28)25(12-6-13-29-4-2)17-21(27)26(16-20-7-5-14-30-20)15-18-8-10-19(23)11-9-18/h5,7-11,14H,3-4,6,12-13,15-17H2,1-2H3,(H,24,28). The predicted molar refractivity (Wildman–Crippen MR) is 111 cm³/mol. The van der Waals surface area contributed by atoms with Gasteiger partial charge < -0.3 is 24.3 Å². The van der Waals surface area contributed by atoms with Gasteiger partial charge in [0.15, 0.2) is 0 Å². The number of hydrogen-bond donors (Lipinski definition) is 1. The van der Waals surface area contributed by atoms with E-state index in [0.29, 0.717) is 38.5 Å². The molecule has 0 aliphatic heterocycles. The lowest BCUT2D eigenvalue weighted by atomic mass is 10.2. The van der Waals surface area contributed by atoms with Crippen LogP contribution in [0.1, 0.15) is 31.6 Å². The molecular weight excluding hydrogens is 389 g/mol. The van der Waals surface area contributed by atoms with Crippen LogP contribution in [0.3, 0.4) is 0 Å². The minimum Gasteiger partial charge on any atom is -0.467 e. The summed E-state index contributed by atoms with van der Waals surface area (Å²) in [4.78, 5) is 28.6. The lowest BCUT2D eigenvalue weighted by Crippen LogP contribution is -2.47. The first-order valence-corrected chi connectivity index (χ1v) is 10.2. The van der Waals surface area contributed by atoms with Crippen LogP contribution in [0.15, 0.2) is 47.1 Å². The van der Waals surface area contributed by atoms with E-state index in [1.165, 1.54) is 17.0 Å². The van der Waals surface area contributed by atoms with Crippen LogP contribution < -0.4 is 5.32 Å². The molecule has 164 valence electrons. The maximum Gasteiger partial charge on any atom is 0.317 e. The summed E-state index contributed by atoms with van der Waals surface area (Å²) < 4.78 is 24.0. The molecule has 0 fully saturated rings. The van der Waals surface area contributed by atoms with Gasteiger partial charge in [0.1, 0.15) is 18.1 Å². The monoisotopic (exact) mass is 419 g/mol. The highest BCUT2D eigenvalue weighted by Gasteiger charge is 2.22. The molecule has 1 heterocycles. The van der Waals surface area contributed by atoms with Gasteiger partial charge in [-0.05, 0) is 50.1 Å². The Bertz CT molecular complexity index is 765. The molecule has 7 nitrogen and oxygen atoms in total. The molecule has 1 N–H and O–H groups in total. The maximum absolute atomic E-state index is 13.2. The van der Waals surface area contributed by atoms with Crippen molar-refractivity contribution in [1.82, 2.24) is 15.1 Å². The van der Waals surface area contributed by atoms with Gasteiger partial charge in [-0.25, -0.2) is 9.18 Å². The summed E-state index contributed by atoms with van der Waals surface area (Å²) in [7, 11) is 0. The number of carbonyl (C=O) groups excluding carboxylic acids is 2. The van der Waals surface area contributed by atoms with Crippen LogP contribution in [0.25, 0.3) is 0 Å². The van der Waals surface area contributed by atoms with E-state index in [1.807, 2.05) is 13.8 Å². The number of amides is 3. The van der Waals surface area contributed by atoms with Gasteiger partial charge in [0.2, 0.25) is 5.91 Å². The van der Waals surface area contributed by atoms with Crippen molar-refractivity contribution in [2.45, 2.75) is 33.4 Å². The highest BCUT2D eigenvalue weighted by atomic mass is 19.1. The van der Waals surface area contributed by atoms with E-state index >= 15 is 0 Å². The Labute approximate surface area is 176 Å². The first-order valence-electron chi connectivity index (χ1n) is 10.2. The summed E-state index contributed by atoms with van der Waals surface area (Å²) in [5.74, 6) is 0.0733. The molecule has 0 aliphatic carbocycles. The molecule has 0 saturated carbocycles. The number of carbonyl (C=O) groups is 2. The third kappa shape index (κ3) is 7.87. The lowest BCUT2D eigenvalue weighted by Gasteiger charge is -2.27. The zero-order valence-corrected chi connectivity index (χ0v) is 17.6. The molecule has 0 unspecified atom stereocenters. The number of benzene rings is 1. The minimum atomic E-state index is -0.334. The van der Waals surface area contributed by atoms with Crippen LogP contribution in [0, 0.1) is 5.82 Å². The Hall–Kier alpha value is -2.87. The molecule has 0 radical (unpaired) electrons. The van der Waals surface area contributed by atoms with Gasteiger partial charge in [0.25, 0.3) is 0 Å². The summed E-state index contributed by atoms with van der Waals surface area (Å²) >= 11 is 0. The van der Waals surface area contributed by atoms with E-state index in [2.05, 4.69) is 5.32 Å². The summed E-state index contributed by atoms with van der Waals surface area (Å²) in [6.45, 7) is 6.21. The van der Waals surface area contributed by atoms with Crippen molar-refractivity contribution in [3.8, 4) is 0 Å². The molecule has 0 spiro atoms. The molecule has 8 heteroatoms. The number of furan rings is 1. The molecule has 3 amide bonds. The fourth-order valence-corrected chi connectivity index (χ4v) is 2.91. The van der Waals surface area contributed by atoms with Crippen LogP contribution in [0.4, 0.5) is 9.18 Å². The maximum atomic E-state index is 13.2. The number of urea groups is 1. The number of halogens is 1. The van der Waals surface area contributed by atoms with Crippen molar-refractivity contribution in [2.75, 3.05) is 32.8 Å². The molecular formula is C22H30FN3O4. The van der Waals surface area contributed by atoms with Gasteiger partial charge in [0, 0.05) is 32.8 Å². The lowest BCUT2D eigenvalue weighted by molar-refractivity contribution is -0.133. The highest BCUT2D eigenvalue weighted by Crippen LogP contribution is 2.13. The smallest absolute Gasteiger partial charge is 0.317 e. The fourth-order valence-electron chi connectivity index (χ4n) is 2.91. The summed E-state index contributed by atoms with van der Waals surface area (Å²) in [5, 5.41) is 2.75. The molecule has 0 saturated heterocycles. The van der Waals surface area contributed by atoms with E-state index < -0.39 is 0 Å². The summed E-state index contributed by atoms with van der Waals surface area (Å²) in [6, 6.07) is 9.25. The van der Waals surface area contributed by atoms with Gasteiger partial charge >= 0.3 is 6.03 Å². The van der Waals surface area contributed by atoms with E-state index in [9.17, 15) is 14.0 Å². The summed E-state index contributed by atoms with van der Waals surface area (Å²) in [6.07, 6.45) is 2.18. The van der Waals surface area contributed by atoms with E-state index in [0.717, 1.165) is 5.56 Å². The van der Waals surface area contributed by atoms with Crippen molar-refractivity contribution in [1.29, 1.82) is 0 Å². The Morgan fingerprint density at radius 1 is 1.10 bits per heavy atom. The van der Waals surface area contributed by atoms with Crippen molar-refractivity contribution in [3.63, 3.8) is 0 Å². The van der Waals surface area contributed by atoms with Gasteiger partial charge in [0.05, 0.1) is 12.8 Å². The van der Waals surface area contributed by atoms with Crippen molar-refractivity contribution < 1.29 is 23.1 Å². The van der Waals surface area contributed by atoms with Crippen molar-refractivity contribution >= 4 is 11.9 Å². The second-order valence-electron chi connectivity index (χ2n) is 6.76. The van der Waals surface area contributed by atoms with Crippen LogP contribution in [-0.4, -0.2) is 54.6 Å². The second kappa shape index (κ2) is 12.6. The Morgan fingerprint density at radius 2 is 1.87 bits per heavy atom. The van der Waals surface area contributed by atoms with E-state index in [4.69, 9.17) is 9.15 Å². The third-order valence-corrected chi connectivity index (χ3v) is 4.43. The zero-order valence-electron chi connectivity index (χ0n) is 17.6. The highest BCUT2D eigenvalue weighted by molar-refractivity contribution is 5.84. The Morgan fingerprint density at radius 3 is 2.50 bits per heavy atom. The average molecular weight is 419 g/mol. The van der Waals surface area contributed by atoms with Crippen molar-refractivity contribution in [3.05, 3.63) is 59.8 Å². The average Bonchev–Trinajstić information content (AvgIpc) is 3.24. The SMILES string of the molecule is CCNC(=O)N(CCCOCC)CC(=O)N(Cc1ccc(F)cc1)Cc1ccco1. The quantitative estimate of drug-likeness (QED) is 0.535. The number of hydrogen-bond acceptors (Lipinski definition) is 4. The van der Waals surface area contributed by atoms with Gasteiger partial charge in [-0.1, -0.05) is 12.1 Å². The third-order valence-electron chi connectivity index (χ3n) is 4.43. The molecule has 0 bridgehead atoms. The predicted octanol–water partition coefficient (Wildman–Crippen LogP) is 3.41. The zero-order chi connectivity index (χ0) is 21.8. The molecule has 0 aliphatic rings. The molecule has 1 aromatic heterocycles. The number of ether oxygens (including phenoxy) is 1. The number of rotatable bonds is 12. The van der Waals surface area contributed by atoms with Gasteiger partial charge in [-0.15, -0.1) is 0 Å². The van der Waals surface area contributed by atoms with Crippen LogP contribution in [0.5, 0.6) is 0 Å². The number of nitrogens with one attached hydrogen (secondary N) is 1. The Balaban J connectivity index is 2.09. The van der Waals surface area contributed by atoms with Gasteiger partial charge in [-0.2, -0.15) is 0 Å². The second-order valence-corrected chi connectivity index (χ2v) is 6.76. The molecule has 1 aromatic carbocycles. The first-order chi connectivity index (χ1) is 14.5. The number of nitrogens with zero attached hydrogens (tertiary/aromatic N) is 2. The fraction of sp³-hybridized carbons (Fsp3) is 0.455. The van der Waals surface area contributed by atoms with E-state index in [1.54, 1.807) is 35.4 Å². The van der Waals surface area contributed by atoms with Crippen molar-refractivity contribution in [2.24, 2.45) is 0 Å². The molecule has 2 rings (SSSR count). The van der Waals surface area contributed by atoms with Crippen LogP contribution in [-0.2, 0) is 22.6 Å². The van der Waals surface area contributed by atoms with Crippen LogP contribution in [0.2, 0.25) is 0 Å². The largest absolute Gasteiger partial charge is 0.467 e. The molecule has 0 atom stereocenters. The normalized spacial score (nSPS) is 10.6. The van der Waals surface area contributed by atoms with Crippen LogP contribution >= 0.6 is 0 Å². The molecule has 2 aromatic rings. The minimum absolute atomic E-state index is 0.0696. The topological polar surface area (TPSA) is 75.0 Å². The van der Waals surface area contributed by atoms with Gasteiger partial charge in [-0.3, -0.25) is 4.79 Å². The van der Waals surface area contributed by atoms with E-state index in [-0.39, 0.29) is 37.4 Å². The Kier molecular flexibility index (Phi) is 9.86. The first kappa shape index (κ1) is 23.4. The molecule has 30 heavy (non-hydrogen) atoms.